The monoisotopic (exact) mass is 142 g/mol. The van der Waals surface area contributed by atoms with E-state index in [4.69, 9.17) is 0 Å². The van der Waals surface area contributed by atoms with Gasteiger partial charge in [-0.25, -0.2) is 0 Å². The number of rotatable bonds is 3. The molecule has 4 nitrogen and oxygen atoms in total. The molecule has 0 fully saturated rings. The van der Waals surface area contributed by atoms with Gasteiger partial charge in [0.25, 0.3) is 0 Å². The van der Waals surface area contributed by atoms with Gasteiger partial charge in [0, 0.05) is 11.9 Å². The first-order chi connectivity index (χ1) is 4.46. The minimum Gasteiger partial charge on any atom is -0.550 e. The summed E-state index contributed by atoms with van der Waals surface area (Å²) in [5.41, 5.74) is -0.472. The Morgan fingerprint density at radius 2 is 1.80 bits per heavy atom. The van der Waals surface area contributed by atoms with Gasteiger partial charge in [-0.05, 0) is 5.57 Å². The lowest BCUT2D eigenvalue weighted by Gasteiger charge is -2.15. The number of hydrogen-bond acceptors (Lipinski definition) is 4. The highest BCUT2D eigenvalue weighted by Crippen LogP contribution is 2.04. The summed E-state index contributed by atoms with van der Waals surface area (Å²) in [6.45, 7) is 4.17. The first-order valence-corrected chi connectivity index (χ1v) is 2.57. The zero-order chi connectivity index (χ0) is 8.31. The van der Waals surface area contributed by atoms with E-state index in [9.17, 15) is 19.8 Å². The van der Waals surface area contributed by atoms with E-state index in [2.05, 4.69) is 6.58 Å². The van der Waals surface area contributed by atoms with Crippen LogP contribution in [0.15, 0.2) is 12.2 Å². The highest BCUT2D eigenvalue weighted by molar-refractivity contribution is 5.91. The third kappa shape index (κ3) is 1.89. The van der Waals surface area contributed by atoms with Crippen LogP contribution in [-0.4, -0.2) is 11.9 Å². The van der Waals surface area contributed by atoms with Crippen molar-refractivity contribution in [2.75, 3.05) is 0 Å². The van der Waals surface area contributed by atoms with Gasteiger partial charge in [0.1, 0.15) is 0 Å². The molecule has 0 aliphatic carbocycles. The summed E-state index contributed by atoms with van der Waals surface area (Å²) >= 11 is 0. The molecule has 0 amide bonds. The number of carbonyl (C=O) groups is 2. The molecule has 0 spiro atoms. The minimum absolute atomic E-state index is 0.472. The molecule has 4 heteroatoms. The molecule has 0 bridgehead atoms. The van der Waals surface area contributed by atoms with Crippen LogP contribution in [0.4, 0.5) is 0 Å². The van der Waals surface area contributed by atoms with E-state index in [0.29, 0.717) is 0 Å². The van der Waals surface area contributed by atoms with Gasteiger partial charge < -0.3 is 19.8 Å². The molecule has 0 aromatic carbocycles. The second-order valence-electron chi connectivity index (χ2n) is 1.85. The van der Waals surface area contributed by atoms with E-state index in [1.807, 2.05) is 0 Å². The Balaban J connectivity index is 4.22. The van der Waals surface area contributed by atoms with Crippen LogP contribution in [-0.2, 0) is 9.59 Å². The lowest BCUT2D eigenvalue weighted by Crippen LogP contribution is -2.36. The Kier molecular flexibility index (Phi) is 2.61. The van der Waals surface area contributed by atoms with Crippen molar-refractivity contribution >= 4 is 11.9 Å². The normalized spacial score (nSPS) is 12.1. The van der Waals surface area contributed by atoms with Crippen molar-refractivity contribution < 1.29 is 19.8 Å². The highest BCUT2D eigenvalue weighted by atomic mass is 16.4. The number of aliphatic carboxylic acids is 2. The summed E-state index contributed by atoms with van der Waals surface area (Å²) in [5.74, 6) is -4.21. The molecule has 0 aliphatic heterocycles. The summed E-state index contributed by atoms with van der Waals surface area (Å²) in [5, 5.41) is 19.9. The quantitative estimate of drug-likeness (QED) is 0.414. The number of hydrogen-bond donors (Lipinski definition) is 0. The maximum atomic E-state index is 9.98. The molecule has 0 N–H and O–H groups in total. The number of carboxylic acids is 2. The van der Waals surface area contributed by atoms with Crippen molar-refractivity contribution in [3.8, 4) is 0 Å². The van der Waals surface area contributed by atoms with Crippen LogP contribution < -0.4 is 10.2 Å². The molecule has 0 radical (unpaired) electrons. The van der Waals surface area contributed by atoms with Crippen LogP contribution in [0.2, 0.25) is 0 Å². The van der Waals surface area contributed by atoms with Gasteiger partial charge in [0.05, 0.1) is 5.97 Å². The Bertz CT molecular complexity index is 182. The Labute approximate surface area is 57.8 Å². The molecule has 0 aliphatic rings. The first-order valence-electron chi connectivity index (χ1n) is 2.57. The molecule has 10 heavy (non-hydrogen) atoms. The summed E-state index contributed by atoms with van der Waals surface area (Å²) < 4.78 is 0. The zero-order valence-corrected chi connectivity index (χ0v) is 5.42. The maximum absolute atomic E-state index is 9.98. The van der Waals surface area contributed by atoms with Crippen LogP contribution in [0.1, 0.15) is 6.92 Å². The smallest absolute Gasteiger partial charge is 0.0675 e. The Hall–Kier alpha value is -1.32. The van der Waals surface area contributed by atoms with E-state index >= 15 is 0 Å². The van der Waals surface area contributed by atoms with E-state index in [-0.39, 0.29) is 0 Å². The van der Waals surface area contributed by atoms with Crippen molar-refractivity contribution in [1.82, 2.24) is 0 Å². The van der Waals surface area contributed by atoms with Crippen LogP contribution in [0.25, 0.3) is 0 Å². The lowest BCUT2D eigenvalue weighted by atomic mass is 10.0. The van der Waals surface area contributed by atoms with Gasteiger partial charge in [-0.15, -0.1) is 0 Å². The predicted molar refractivity (Wildman–Crippen MR) is 28.3 cm³/mol. The molecule has 0 aromatic heterocycles. The summed E-state index contributed by atoms with van der Waals surface area (Å²) in [7, 11) is 0. The van der Waals surface area contributed by atoms with Gasteiger partial charge in [-0.3, -0.25) is 0 Å². The molecule has 0 rings (SSSR count). The SMILES string of the molecule is C=C(C(=O)[O-])[C@@H](C)C(=O)[O-]. The zero-order valence-electron chi connectivity index (χ0n) is 5.42. The third-order valence-electron chi connectivity index (χ3n) is 1.14. The summed E-state index contributed by atoms with van der Waals surface area (Å²) in [6, 6.07) is 0. The largest absolute Gasteiger partial charge is 0.550 e. The van der Waals surface area contributed by atoms with Crippen molar-refractivity contribution in [3.05, 3.63) is 12.2 Å². The lowest BCUT2D eigenvalue weighted by molar-refractivity contribution is -0.314. The second-order valence-corrected chi connectivity index (χ2v) is 1.85. The fraction of sp³-hybridized carbons (Fsp3) is 0.333. The van der Waals surface area contributed by atoms with Crippen molar-refractivity contribution in [1.29, 1.82) is 0 Å². The van der Waals surface area contributed by atoms with Crippen molar-refractivity contribution in [2.24, 2.45) is 5.92 Å². The van der Waals surface area contributed by atoms with Crippen LogP contribution >= 0.6 is 0 Å². The average Bonchev–Trinajstić information content (AvgIpc) is 1.84. The topological polar surface area (TPSA) is 80.3 Å². The maximum Gasteiger partial charge on any atom is 0.0675 e. The molecule has 0 heterocycles. The molecule has 0 saturated heterocycles. The first kappa shape index (κ1) is 8.68. The van der Waals surface area contributed by atoms with Crippen LogP contribution in [0.3, 0.4) is 0 Å². The minimum atomic E-state index is -1.56. The van der Waals surface area contributed by atoms with Crippen molar-refractivity contribution in [3.63, 3.8) is 0 Å². The Morgan fingerprint density at radius 3 is 1.90 bits per heavy atom. The van der Waals surface area contributed by atoms with E-state index < -0.39 is 23.4 Å². The van der Waals surface area contributed by atoms with E-state index in [0.717, 1.165) is 0 Å². The van der Waals surface area contributed by atoms with Gasteiger partial charge in [0.15, 0.2) is 0 Å². The molecule has 1 atom stereocenters. The van der Waals surface area contributed by atoms with Gasteiger partial charge in [-0.2, -0.15) is 0 Å². The summed E-state index contributed by atoms with van der Waals surface area (Å²) in [6.07, 6.45) is 0. The van der Waals surface area contributed by atoms with Gasteiger partial charge in [-0.1, -0.05) is 13.5 Å². The molecular weight excluding hydrogens is 136 g/mol. The van der Waals surface area contributed by atoms with Gasteiger partial charge in [0.2, 0.25) is 0 Å². The Morgan fingerprint density at radius 1 is 1.40 bits per heavy atom. The van der Waals surface area contributed by atoms with E-state index in [1.54, 1.807) is 0 Å². The fourth-order valence-corrected chi connectivity index (χ4v) is 0.319. The number of carboxylic acid groups (broad SMARTS) is 2. The van der Waals surface area contributed by atoms with E-state index in [1.165, 1.54) is 6.92 Å². The summed E-state index contributed by atoms with van der Waals surface area (Å²) in [4.78, 5) is 19.9. The standard InChI is InChI=1S/C6H8O4/c1-3(5(7)8)4(2)6(9)10/h4H,1H2,2H3,(H,7,8)(H,9,10)/p-2/t4-/m1/s1. The second kappa shape index (κ2) is 3.00. The predicted octanol–water partition coefficient (Wildman–Crippen LogP) is -2.32. The third-order valence-corrected chi connectivity index (χ3v) is 1.14. The molecule has 0 saturated carbocycles. The number of carbonyl (C=O) groups excluding carboxylic acids is 2. The molecule has 0 unspecified atom stereocenters. The van der Waals surface area contributed by atoms with Crippen molar-refractivity contribution in [2.45, 2.75) is 6.92 Å². The highest BCUT2D eigenvalue weighted by Gasteiger charge is 2.07. The van der Waals surface area contributed by atoms with Crippen LogP contribution in [0, 0.1) is 5.92 Å². The molecule has 56 valence electrons. The fourth-order valence-electron chi connectivity index (χ4n) is 0.319. The average molecular weight is 142 g/mol. The van der Waals surface area contributed by atoms with Gasteiger partial charge >= 0.3 is 0 Å². The van der Waals surface area contributed by atoms with Crippen LogP contribution in [0.5, 0.6) is 0 Å². The molecule has 0 aromatic rings. The molecular formula is C6H6O4-2.